The largest absolute Gasteiger partial charge is 0.385 e. The second-order valence-corrected chi connectivity index (χ2v) is 3.42. The molecule has 0 heterocycles. The average Bonchev–Trinajstić information content (AvgIpc) is 1.95. The van der Waals surface area contributed by atoms with Crippen molar-refractivity contribution >= 4 is 31.9 Å². The average molecular weight is 265 g/mol. The van der Waals surface area contributed by atoms with E-state index in [2.05, 4.69) is 31.9 Å². The molecule has 0 spiro atoms. The minimum Gasteiger partial charge on any atom is -0.385 e. The molecule has 3 heteroatoms. The summed E-state index contributed by atoms with van der Waals surface area (Å²) in [6, 6.07) is 5.57. The first kappa shape index (κ1) is 8.24. The van der Waals surface area contributed by atoms with Crippen LogP contribution >= 0.6 is 31.9 Å². The van der Waals surface area contributed by atoms with Crippen LogP contribution in [-0.4, -0.2) is 5.11 Å². The summed E-state index contributed by atoms with van der Waals surface area (Å²) in [5.41, 5.74) is 0.773. The highest BCUT2D eigenvalue weighted by molar-refractivity contribution is 9.13. The Kier molecular flexibility index (Phi) is 2.89. The highest BCUT2D eigenvalue weighted by atomic mass is 79.9. The third-order valence-corrected chi connectivity index (χ3v) is 3.20. The van der Waals surface area contributed by atoms with Gasteiger partial charge in [-0.25, -0.2) is 0 Å². The van der Waals surface area contributed by atoms with Crippen LogP contribution in [0.1, 0.15) is 5.56 Å². The molecule has 0 saturated carbocycles. The van der Waals surface area contributed by atoms with Crippen LogP contribution in [-0.2, 0) is 0 Å². The summed E-state index contributed by atoms with van der Waals surface area (Å²) >= 11 is 6.61. The lowest BCUT2D eigenvalue weighted by atomic mass is 10.2. The molecule has 0 aromatic heterocycles. The number of rotatable bonds is 1. The molecule has 53 valence electrons. The second kappa shape index (κ2) is 3.51. The Morgan fingerprint density at radius 2 is 2.00 bits per heavy atom. The lowest BCUT2D eigenvalue weighted by Crippen LogP contribution is -1.81. The number of benzene rings is 1. The maximum Gasteiger partial charge on any atom is 0.110 e. The normalized spacial score (nSPS) is 9.90. The quantitative estimate of drug-likeness (QED) is 0.827. The van der Waals surface area contributed by atoms with Crippen LogP contribution in [0.2, 0.25) is 0 Å². The van der Waals surface area contributed by atoms with Gasteiger partial charge in [0.05, 0.1) is 0 Å². The van der Waals surface area contributed by atoms with Gasteiger partial charge in [-0.1, -0.05) is 12.1 Å². The fourth-order valence-corrected chi connectivity index (χ4v) is 1.37. The zero-order valence-corrected chi connectivity index (χ0v) is 8.18. The van der Waals surface area contributed by atoms with Crippen molar-refractivity contribution in [2.24, 2.45) is 0 Å². The van der Waals surface area contributed by atoms with E-state index in [1.54, 1.807) is 0 Å². The summed E-state index contributed by atoms with van der Waals surface area (Å²) < 4.78 is 1.81. The van der Waals surface area contributed by atoms with Crippen molar-refractivity contribution in [2.75, 3.05) is 0 Å². The van der Waals surface area contributed by atoms with Crippen molar-refractivity contribution in [3.8, 4) is 0 Å². The molecule has 1 rings (SSSR count). The molecular formula is C7H5Br2O. The molecule has 1 N–H and O–H groups in total. The van der Waals surface area contributed by atoms with Crippen LogP contribution in [0.4, 0.5) is 0 Å². The minimum absolute atomic E-state index is 0.773. The van der Waals surface area contributed by atoms with E-state index >= 15 is 0 Å². The summed E-state index contributed by atoms with van der Waals surface area (Å²) in [7, 11) is 0. The molecule has 0 fully saturated rings. The number of hydrogen-bond acceptors (Lipinski definition) is 1. The minimum atomic E-state index is 0.773. The van der Waals surface area contributed by atoms with Gasteiger partial charge in [0.15, 0.2) is 0 Å². The predicted molar refractivity (Wildman–Crippen MR) is 47.2 cm³/mol. The van der Waals surface area contributed by atoms with E-state index in [1.165, 1.54) is 0 Å². The van der Waals surface area contributed by atoms with E-state index in [0.29, 0.717) is 0 Å². The number of aliphatic hydroxyl groups is 1. The lowest BCUT2D eigenvalue weighted by molar-refractivity contribution is 0.414. The first-order chi connectivity index (χ1) is 4.75. The molecule has 1 aromatic rings. The second-order valence-electron chi connectivity index (χ2n) is 1.77. The molecule has 0 saturated heterocycles. The van der Waals surface area contributed by atoms with Crippen molar-refractivity contribution in [2.45, 2.75) is 0 Å². The van der Waals surface area contributed by atoms with Crippen LogP contribution < -0.4 is 0 Å². The van der Waals surface area contributed by atoms with Gasteiger partial charge in [0.1, 0.15) is 6.61 Å². The van der Waals surface area contributed by atoms with Crippen molar-refractivity contribution in [1.82, 2.24) is 0 Å². The zero-order chi connectivity index (χ0) is 7.56. The Hall–Kier alpha value is 0.140. The van der Waals surface area contributed by atoms with E-state index in [0.717, 1.165) is 21.1 Å². The van der Waals surface area contributed by atoms with E-state index in [-0.39, 0.29) is 0 Å². The van der Waals surface area contributed by atoms with Gasteiger partial charge in [-0.3, -0.25) is 0 Å². The number of hydrogen-bond donors (Lipinski definition) is 1. The van der Waals surface area contributed by atoms with Gasteiger partial charge in [0.25, 0.3) is 0 Å². The van der Waals surface area contributed by atoms with Crippen molar-refractivity contribution in [1.29, 1.82) is 0 Å². The highest BCUT2D eigenvalue weighted by Gasteiger charge is 2.00. The molecule has 0 aliphatic rings. The Balaban J connectivity index is 3.14. The molecule has 1 nitrogen and oxygen atoms in total. The monoisotopic (exact) mass is 263 g/mol. The predicted octanol–water partition coefficient (Wildman–Crippen LogP) is 3.09. The molecule has 1 aromatic carbocycles. The van der Waals surface area contributed by atoms with Crippen molar-refractivity contribution in [3.63, 3.8) is 0 Å². The SMILES string of the molecule is O[CH]c1cccc(Br)c1Br. The van der Waals surface area contributed by atoms with E-state index < -0.39 is 0 Å². The maximum atomic E-state index is 8.67. The Bertz CT molecular complexity index is 235. The summed E-state index contributed by atoms with van der Waals surface area (Å²) in [5, 5.41) is 8.67. The van der Waals surface area contributed by atoms with Gasteiger partial charge in [-0.2, -0.15) is 0 Å². The van der Waals surface area contributed by atoms with Crippen LogP contribution in [0.3, 0.4) is 0 Å². The van der Waals surface area contributed by atoms with Crippen LogP contribution in [0.5, 0.6) is 0 Å². The van der Waals surface area contributed by atoms with Gasteiger partial charge >= 0.3 is 0 Å². The zero-order valence-electron chi connectivity index (χ0n) is 5.01. The Labute approximate surface area is 76.3 Å². The topological polar surface area (TPSA) is 20.2 Å². The van der Waals surface area contributed by atoms with Crippen molar-refractivity contribution < 1.29 is 5.11 Å². The molecule has 0 amide bonds. The lowest BCUT2D eigenvalue weighted by Gasteiger charge is -1.99. The Morgan fingerprint density at radius 3 is 2.50 bits per heavy atom. The van der Waals surface area contributed by atoms with Gasteiger partial charge in [-0.15, -0.1) is 0 Å². The molecule has 0 aliphatic carbocycles. The van der Waals surface area contributed by atoms with Crippen molar-refractivity contribution in [3.05, 3.63) is 39.3 Å². The molecule has 0 unspecified atom stereocenters. The molecule has 0 bridgehead atoms. The fraction of sp³-hybridized carbons (Fsp3) is 0. The van der Waals surface area contributed by atoms with E-state index in [9.17, 15) is 0 Å². The summed E-state index contributed by atoms with van der Waals surface area (Å²) in [6.07, 6.45) is 0. The standard InChI is InChI=1S/C7H5Br2O/c8-6-3-1-2-5(4-10)7(6)9/h1-4,10H. The molecule has 1 radical (unpaired) electrons. The number of halogens is 2. The molecular weight excluding hydrogens is 260 g/mol. The van der Waals surface area contributed by atoms with Gasteiger partial charge in [0.2, 0.25) is 0 Å². The van der Waals surface area contributed by atoms with Crippen LogP contribution in [0, 0.1) is 6.61 Å². The highest BCUT2D eigenvalue weighted by Crippen LogP contribution is 2.26. The number of aliphatic hydroxyl groups excluding tert-OH is 1. The summed E-state index contributed by atoms with van der Waals surface area (Å²) in [4.78, 5) is 0. The third kappa shape index (κ3) is 1.59. The van der Waals surface area contributed by atoms with E-state index in [4.69, 9.17) is 5.11 Å². The first-order valence-electron chi connectivity index (χ1n) is 2.67. The van der Waals surface area contributed by atoms with E-state index in [1.807, 2.05) is 18.2 Å². The summed E-state index contributed by atoms with van der Waals surface area (Å²) in [5.74, 6) is 0. The van der Waals surface area contributed by atoms with Gasteiger partial charge < -0.3 is 5.11 Å². The molecule has 0 aliphatic heterocycles. The fourth-order valence-electron chi connectivity index (χ4n) is 0.620. The maximum absolute atomic E-state index is 8.67. The van der Waals surface area contributed by atoms with Gasteiger partial charge in [0, 0.05) is 8.95 Å². The Morgan fingerprint density at radius 1 is 1.30 bits per heavy atom. The smallest absolute Gasteiger partial charge is 0.110 e. The third-order valence-electron chi connectivity index (χ3n) is 1.12. The summed E-state index contributed by atoms with van der Waals surface area (Å²) in [6.45, 7) is 1.06. The first-order valence-corrected chi connectivity index (χ1v) is 4.25. The molecule has 10 heavy (non-hydrogen) atoms. The molecule has 0 atom stereocenters. The van der Waals surface area contributed by atoms with Gasteiger partial charge in [-0.05, 0) is 43.5 Å². The van der Waals surface area contributed by atoms with Crippen LogP contribution in [0.25, 0.3) is 0 Å². The van der Waals surface area contributed by atoms with Crippen LogP contribution in [0.15, 0.2) is 27.1 Å².